The molecule has 0 radical (unpaired) electrons. The van der Waals surface area contributed by atoms with Crippen LogP contribution in [0.4, 0.5) is 5.69 Å². The van der Waals surface area contributed by atoms with E-state index in [0.717, 1.165) is 24.0 Å². The van der Waals surface area contributed by atoms with E-state index in [4.69, 9.17) is 0 Å². The summed E-state index contributed by atoms with van der Waals surface area (Å²) in [7, 11) is 0. The van der Waals surface area contributed by atoms with Gasteiger partial charge in [-0.25, -0.2) is 0 Å². The van der Waals surface area contributed by atoms with Gasteiger partial charge in [0.15, 0.2) is 11.4 Å². The molecule has 0 bridgehead atoms. The number of hydrogen-bond donors (Lipinski definition) is 1. The third kappa shape index (κ3) is 4.53. The lowest BCUT2D eigenvalue weighted by Gasteiger charge is -2.23. The third-order valence-electron chi connectivity index (χ3n) is 6.66. The summed E-state index contributed by atoms with van der Waals surface area (Å²) in [6.07, 6.45) is 1.30. The van der Waals surface area contributed by atoms with E-state index in [9.17, 15) is 14.7 Å². The maximum absolute atomic E-state index is 13.5. The number of fused-ring (bicyclic) bond motifs is 1. The van der Waals surface area contributed by atoms with Gasteiger partial charge in [-0.3, -0.25) is 9.59 Å². The largest absolute Gasteiger partial charge is 0.375 e. The fourth-order valence-corrected chi connectivity index (χ4v) is 4.80. The molecule has 35 heavy (non-hydrogen) atoms. The van der Waals surface area contributed by atoms with Crippen LogP contribution in [0.5, 0.6) is 0 Å². The second-order valence-electron chi connectivity index (χ2n) is 8.97. The molecular weight excluding hydrogens is 434 g/mol. The van der Waals surface area contributed by atoms with E-state index in [1.165, 1.54) is 5.56 Å². The topological polar surface area (TPSA) is 57.6 Å². The van der Waals surface area contributed by atoms with Gasteiger partial charge in [0.25, 0.3) is 5.91 Å². The minimum Gasteiger partial charge on any atom is -0.375 e. The zero-order valence-corrected chi connectivity index (χ0v) is 19.4. The van der Waals surface area contributed by atoms with Crippen molar-refractivity contribution in [3.63, 3.8) is 0 Å². The lowest BCUT2D eigenvalue weighted by atomic mass is 9.88. The van der Waals surface area contributed by atoms with Crippen molar-refractivity contribution in [3.8, 4) is 11.1 Å². The van der Waals surface area contributed by atoms with E-state index in [1.54, 1.807) is 29.2 Å². The smallest absolute Gasteiger partial charge is 0.264 e. The van der Waals surface area contributed by atoms with Crippen molar-refractivity contribution >= 4 is 17.4 Å². The second kappa shape index (κ2) is 9.69. The highest BCUT2D eigenvalue weighted by molar-refractivity contribution is 6.10. The summed E-state index contributed by atoms with van der Waals surface area (Å²) >= 11 is 0. The summed E-state index contributed by atoms with van der Waals surface area (Å²) in [5.41, 5.74) is 3.07. The molecular formula is C31H27NO3. The number of aliphatic hydroxyl groups is 1. The number of carbonyl (C=O) groups is 2. The molecule has 1 aliphatic rings. The maximum Gasteiger partial charge on any atom is 0.264 e. The van der Waals surface area contributed by atoms with Crippen molar-refractivity contribution in [2.75, 3.05) is 11.4 Å². The molecule has 0 fully saturated rings. The predicted octanol–water partition coefficient (Wildman–Crippen LogP) is 5.79. The molecule has 0 spiro atoms. The highest BCUT2D eigenvalue weighted by atomic mass is 16.3. The number of anilines is 1. The molecule has 0 unspecified atom stereocenters. The van der Waals surface area contributed by atoms with Crippen molar-refractivity contribution in [2.45, 2.75) is 24.9 Å². The van der Waals surface area contributed by atoms with Crippen LogP contribution in [0.15, 0.2) is 109 Å². The Morgan fingerprint density at radius 1 is 0.743 bits per heavy atom. The van der Waals surface area contributed by atoms with Gasteiger partial charge in [-0.15, -0.1) is 0 Å². The average Bonchev–Trinajstić information content (AvgIpc) is 3.11. The van der Waals surface area contributed by atoms with Crippen LogP contribution in [0.1, 0.15) is 34.3 Å². The minimum atomic E-state index is -1.86. The van der Waals surface area contributed by atoms with E-state index in [0.29, 0.717) is 23.4 Å². The minimum absolute atomic E-state index is 0.263. The summed E-state index contributed by atoms with van der Waals surface area (Å²) in [5, 5.41) is 11.6. The molecule has 0 saturated carbocycles. The summed E-state index contributed by atoms with van der Waals surface area (Å²) in [4.78, 5) is 28.3. The van der Waals surface area contributed by atoms with Crippen LogP contribution in [0.3, 0.4) is 0 Å². The predicted molar refractivity (Wildman–Crippen MR) is 138 cm³/mol. The first-order chi connectivity index (χ1) is 17.1. The van der Waals surface area contributed by atoms with E-state index in [2.05, 4.69) is 12.1 Å². The van der Waals surface area contributed by atoms with Gasteiger partial charge in [-0.1, -0.05) is 103 Å². The van der Waals surface area contributed by atoms with Crippen LogP contribution >= 0.6 is 0 Å². The molecule has 4 nitrogen and oxygen atoms in total. The Hall–Kier alpha value is -4.02. The van der Waals surface area contributed by atoms with Gasteiger partial charge < -0.3 is 10.0 Å². The zero-order valence-electron chi connectivity index (χ0n) is 19.4. The van der Waals surface area contributed by atoms with Crippen molar-refractivity contribution in [1.82, 2.24) is 0 Å². The molecule has 0 saturated heterocycles. The Labute approximate surface area is 205 Å². The van der Waals surface area contributed by atoms with Crippen LogP contribution in [0, 0.1) is 0 Å². The molecule has 174 valence electrons. The molecule has 5 rings (SSSR count). The number of aryl methyl sites for hydroxylation is 1. The Balaban J connectivity index is 1.33. The Bertz CT molecular complexity index is 1330. The first-order valence-corrected chi connectivity index (χ1v) is 11.9. The molecule has 1 amide bonds. The summed E-state index contributed by atoms with van der Waals surface area (Å²) < 4.78 is 0. The van der Waals surface area contributed by atoms with Gasteiger partial charge in [-0.2, -0.15) is 0 Å². The number of nitrogens with zero attached hydrogens (tertiary/aromatic N) is 1. The second-order valence-corrected chi connectivity index (χ2v) is 8.97. The number of benzene rings is 4. The average molecular weight is 462 g/mol. The fraction of sp³-hybridized carbons (Fsp3) is 0.161. The molecule has 0 aromatic heterocycles. The molecule has 1 aliphatic heterocycles. The van der Waals surface area contributed by atoms with E-state index < -0.39 is 11.5 Å². The molecule has 4 aromatic carbocycles. The Kier molecular flexibility index (Phi) is 6.30. The van der Waals surface area contributed by atoms with Gasteiger partial charge in [0.1, 0.15) is 0 Å². The number of amides is 1. The Morgan fingerprint density at radius 3 is 2.06 bits per heavy atom. The molecule has 4 heteroatoms. The zero-order chi connectivity index (χ0) is 24.3. The fourth-order valence-electron chi connectivity index (χ4n) is 4.80. The van der Waals surface area contributed by atoms with Gasteiger partial charge >= 0.3 is 0 Å². The number of para-hydroxylation sites is 1. The van der Waals surface area contributed by atoms with Gasteiger partial charge in [0.05, 0.1) is 12.1 Å². The van der Waals surface area contributed by atoms with Crippen LogP contribution in [0.25, 0.3) is 11.1 Å². The van der Waals surface area contributed by atoms with Gasteiger partial charge in [-0.05, 0) is 35.6 Å². The first-order valence-electron chi connectivity index (χ1n) is 11.9. The maximum atomic E-state index is 13.5. The van der Waals surface area contributed by atoms with Crippen LogP contribution in [-0.2, 0) is 16.8 Å². The third-order valence-corrected chi connectivity index (χ3v) is 6.66. The van der Waals surface area contributed by atoms with Crippen molar-refractivity contribution in [1.29, 1.82) is 0 Å². The van der Waals surface area contributed by atoms with E-state index in [1.807, 2.05) is 72.8 Å². The lowest BCUT2D eigenvalue weighted by molar-refractivity contribution is -0.135. The molecule has 0 aliphatic carbocycles. The number of carbonyl (C=O) groups excluding carboxylic acids is 2. The molecule has 1 N–H and O–H groups in total. The normalized spacial score (nSPS) is 16.8. The highest BCUT2D eigenvalue weighted by Crippen LogP contribution is 2.43. The molecule has 1 atom stereocenters. The van der Waals surface area contributed by atoms with Crippen LogP contribution in [0.2, 0.25) is 0 Å². The number of ketones is 1. The monoisotopic (exact) mass is 461 g/mol. The Morgan fingerprint density at radius 2 is 1.34 bits per heavy atom. The molecule has 4 aromatic rings. The van der Waals surface area contributed by atoms with Crippen LogP contribution in [-0.4, -0.2) is 23.3 Å². The van der Waals surface area contributed by atoms with Crippen molar-refractivity contribution < 1.29 is 14.7 Å². The van der Waals surface area contributed by atoms with Gasteiger partial charge in [0, 0.05) is 17.7 Å². The summed E-state index contributed by atoms with van der Waals surface area (Å²) in [6.45, 7) is 0.479. The SMILES string of the molecule is O=C(C[C@@]1(O)C(=O)N(CCCc2ccccc2)c2ccccc21)c1ccc(-c2ccccc2)cc1. The van der Waals surface area contributed by atoms with Crippen LogP contribution < -0.4 is 4.90 Å². The van der Waals surface area contributed by atoms with Crippen molar-refractivity contribution in [2.24, 2.45) is 0 Å². The lowest BCUT2D eigenvalue weighted by Crippen LogP contribution is -2.42. The number of Topliss-reactive ketones (excluding diaryl/α,β-unsaturated/α-hetero) is 1. The summed E-state index contributed by atoms with van der Waals surface area (Å²) in [6, 6.07) is 34.6. The number of hydrogen-bond acceptors (Lipinski definition) is 3. The summed E-state index contributed by atoms with van der Waals surface area (Å²) in [5.74, 6) is -0.692. The first kappa shape index (κ1) is 22.8. The van der Waals surface area contributed by atoms with Gasteiger partial charge in [0.2, 0.25) is 0 Å². The van der Waals surface area contributed by atoms with Crippen molar-refractivity contribution in [3.05, 3.63) is 126 Å². The molecule has 1 heterocycles. The highest BCUT2D eigenvalue weighted by Gasteiger charge is 2.50. The van der Waals surface area contributed by atoms with E-state index >= 15 is 0 Å². The standard InChI is InChI=1S/C31H27NO3/c33-29(26-19-17-25(18-20-26)24-13-5-2-6-14-24)22-31(35)27-15-7-8-16-28(27)32(30(31)34)21-9-12-23-10-3-1-4-11-23/h1-8,10-11,13-20,35H,9,12,21-22H2/t31-/m0/s1. The van der Waals surface area contributed by atoms with E-state index in [-0.39, 0.29) is 12.2 Å². The quantitative estimate of drug-likeness (QED) is 0.338. The number of rotatable bonds is 8.